The number of anilines is 2. The maximum atomic E-state index is 15.2. The van der Waals surface area contributed by atoms with Crippen LogP contribution in [0.2, 0.25) is 0 Å². The van der Waals surface area contributed by atoms with E-state index < -0.39 is 21.5 Å². The third-order valence-corrected chi connectivity index (χ3v) is 7.69. The highest BCUT2D eigenvalue weighted by Gasteiger charge is 2.35. The van der Waals surface area contributed by atoms with E-state index in [0.29, 0.717) is 11.1 Å². The van der Waals surface area contributed by atoms with Crippen molar-refractivity contribution >= 4 is 32.1 Å². The molecule has 0 bridgehead atoms. The highest BCUT2D eigenvalue weighted by atomic mass is 32.2. The number of sulfone groups is 1. The topological polar surface area (TPSA) is 75.2 Å². The molecule has 0 radical (unpaired) electrons. The number of aromatic amines is 1. The summed E-state index contributed by atoms with van der Waals surface area (Å²) in [5.41, 5.74) is 5.17. The Hall–Kier alpha value is -3.46. The smallest absolute Gasteiger partial charge is 0.272 e. The molecule has 35 heavy (non-hydrogen) atoms. The zero-order valence-corrected chi connectivity index (χ0v) is 20.0. The number of aromatic nitrogens is 2. The van der Waals surface area contributed by atoms with E-state index in [0.717, 1.165) is 52.2 Å². The number of halogens is 2. The van der Waals surface area contributed by atoms with Crippen molar-refractivity contribution in [3.05, 3.63) is 81.4 Å². The van der Waals surface area contributed by atoms with Crippen LogP contribution in [0.5, 0.6) is 0 Å². The summed E-state index contributed by atoms with van der Waals surface area (Å²) in [6, 6.07) is 7.27. The molecule has 4 aromatic rings. The number of pyridine rings is 1. The van der Waals surface area contributed by atoms with E-state index in [1.807, 2.05) is 23.2 Å². The molecule has 0 unspecified atom stereocenters. The minimum atomic E-state index is -3.30. The minimum Gasteiger partial charge on any atom is -0.345 e. The lowest BCUT2D eigenvalue weighted by Gasteiger charge is -2.29. The van der Waals surface area contributed by atoms with Gasteiger partial charge in [-0.1, -0.05) is 6.07 Å². The molecular formula is C26H23F2N3O3S. The van der Waals surface area contributed by atoms with Crippen molar-refractivity contribution < 1.29 is 17.2 Å². The van der Waals surface area contributed by atoms with Crippen molar-refractivity contribution in [2.45, 2.75) is 31.1 Å². The van der Waals surface area contributed by atoms with Crippen LogP contribution >= 0.6 is 0 Å². The fraction of sp³-hybridized carbons (Fsp3) is 0.269. The Morgan fingerprint density at radius 1 is 1.11 bits per heavy atom. The van der Waals surface area contributed by atoms with Gasteiger partial charge in [0.15, 0.2) is 9.84 Å². The van der Waals surface area contributed by atoms with Gasteiger partial charge in [0.25, 0.3) is 5.56 Å². The highest BCUT2D eigenvalue weighted by molar-refractivity contribution is 7.89. The lowest BCUT2D eigenvalue weighted by molar-refractivity contribution is 0.582. The van der Waals surface area contributed by atoms with Crippen molar-refractivity contribution in [3.8, 4) is 11.1 Å². The Balaban J connectivity index is 1.73. The van der Waals surface area contributed by atoms with E-state index in [2.05, 4.69) is 4.98 Å². The van der Waals surface area contributed by atoms with Crippen LogP contribution < -0.4 is 10.5 Å². The second-order valence-electron chi connectivity index (χ2n) is 9.63. The summed E-state index contributed by atoms with van der Waals surface area (Å²) in [7, 11) is -1.50. The molecule has 3 heterocycles. The lowest BCUT2D eigenvalue weighted by Crippen LogP contribution is -2.21. The van der Waals surface area contributed by atoms with Gasteiger partial charge in [-0.05, 0) is 53.6 Å². The molecule has 2 aliphatic rings. The first-order valence-corrected chi connectivity index (χ1v) is 13.4. The van der Waals surface area contributed by atoms with Crippen LogP contribution in [0.25, 0.3) is 22.0 Å². The van der Waals surface area contributed by atoms with E-state index in [1.165, 1.54) is 18.4 Å². The minimum absolute atomic E-state index is 0.122. The van der Waals surface area contributed by atoms with Gasteiger partial charge in [0.1, 0.15) is 17.2 Å². The van der Waals surface area contributed by atoms with Gasteiger partial charge < -0.3 is 14.5 Å². The van der Waals surface area contributed by atoms with Crippen LogP contribution in [0.15, 0.2) is 47.5 Å². The molecule has 9 heteroatoms. The van der Waals surface area contributed by atoms with Crippen LogP contribution in [0.4, 0.5) is 20.2 Å². The van der Waals surface area contributed by atoms with Gasteiger partial charge in [-0.15, -0.1) is 0 Å². The summed E-state index contributed by atoms with van der Waals surface area (Å²) in [4.78, 5) is 17.4. The number of hydrogen-bond donors (Lipinski definition) is 1. The molecule has 2 aromatic carbocycles. The number of hydrogen-bond acceptors (Lipinski definition) is 4. The molecule has 1 fully saturated rings. The number of nitrogens with one attached hydrogen (secondary N) is 1. The maximum Gasteiger partial charge on any atom is 0.272 e. The zero-order chi connectivity index (χ0) is 24.6. The van der Waals surface area contributed by atoms with Crippen molar-refractivity contribution in [3.63, 3.8) is 0 Å². The SMILES string of the molecule is Cn1cc2c3c(c[nH]c(=O)c31)CN(c1ccc(F)cc1F)c1c-2cc(CS(C)(=O)=O)cc1C1CC1. The molecule has 0 atom stereocenters. The number of fused-ring (bicyclic) bond motifs is 2. The highest BCUT2D eigenvalue weighted by Crippen LogP contribution is 2.53. The molecule has 2 aromatic heterocycles. The number of nitrogens with zero attached hydrogens (tertiary/aromatic N) is 2. The monoisotopic (exact) mass is 495 g/mol. The van der Waals surface area contributed by atoms with Gasteiger partial charge in [-0.25, -0.2) is 17.2 Å². The Morgan fingerprint density at radius 2 is 1.89 bits per heavy atom. The number of aryl methyl sites for hydroxylation is 1. The first-order chi connectivity index (χ1) is 16.6. The van der Waals surface area contributed by atoms with Gasteiger partial charge >= 0.3 is 0 Å². The quantitative estimate of drug-likeness (QED) is 0.438. The molecule has 0 spiro atoms. The maximum absolute atomic E-state index is 15.2. The molecule has 6 nitrogen and oxygen atoms in total. The molecule has 1 aliphatic carbocycles. The van der Waals surface area contributed by atoms with E-state index in [-0.39, 0.29) is 29.5 Å². The molecule has 180 valence electrons. The average Bonchev–Trinajstić information content (AvgIpc) is 3.56. The van der Waals surface area contributed by atoms with Gasteiger partial charge in [0, 0.05) is 48.3 Å². The van der Waals surface area contributed by atoms with Crippen LogP contribution in [0.3, 0.4) is 0 Å². The fourth-order valence-corrected chi connectivity index (χ4v) is 6.09. The van der Waals surface area contributed by atoms with Gasteiger partial charge in [-0.3, -0.25) is 4.79 Å². The molecule has 6 rings (SSSR count). The van der Waals surface area contributed by atoms with Gasteiger partial charge in [0.05, 0.1) is 23.7 Å². The van der Waals surface area contributed by atoms with Crippen molar-refractivity contribution in [1.29, 1.82) is 0 Å². The average molecular weight is 496 g/mol. The van der Waals surface area contributed by atoms with Crippen molar-refractivity contribution in [2.24, 2.45) is 7.05 Å². The second kappa shape index (κ2) is 7.52. The summed E-state index contributed by atoms with van der Waals surface area (Å²) in [6.07, 6.45) is 6.61. The first-order valence-electron chi connectivity index (χ1n) is 11.4. The third kappa shape index (κ3) is 3.65. The van der Waals surface area contributed by atoms with Crippen LogP contribution in [-0.2, 0) is 29.2 Å². The van der Waals surface area contributed by atoms with E-state index in [9.17, 15) is 17.6 Å². The van der Waals surface area contributed by atoms with Crippen molar-refractivity contribution in [2.75, 3.05) is 11.2 Å². The zero-order valence-electron chi connectivity index (χ0n) is 19.2. The predicted octanol–water partition coefficient (Wildman–Crippen LogP) is 4.89. The Morgan fingerprint density at radius 3 is 2.57 bits per heavy atom. The van der Waals surface area contributed by atoms with Crippen molar-refractivity contribution in [1.82, 2.24) is 9.55 Å². The molecule has 1 saturated carbocycles. The summed E-state index contributed by atoms with van der Waals surface area (Å²) in [6.45, 7) is 0.255. The Labute approximate surface area is 200 Å². The summed E-state index contributed by atoms with van der Waals surface area (Å²) in [5.74, 6) is -1.26. The Kier molecular flexibility index (Phi) is 4.73. The Bertz CT molecular complexity index is 1700. The second-order valence-corrected chi connectivity index (χ2v) is 11.8. The van der Waals surface area contributed by atoms with Crippen LogP contribution in [0, 0.1) is 11.6 Å². The summed E-state index contributed by atoms with van der Waals surface area (Å²) < 4.78 is 55.1. The predicted molar refractivity (Wildman–Crippen MR) is 132 cm³/mol. The molecule has 1 N–H and O–H groups in total. The molecular weight excluding hydrogens is 472 g/mol. The lowest BCUT2D eigenvalue weighted by atomic mass is 9.94. The number of rotatable bonds is 4. The largest absolute Gasteiger partial charge is 0.345 e. The number of benzene rings is 2. The van der Waals surface area contributed by atoms with E-state index >= 15 is 4.39 Å². The van der Waals surface area contributed by atoms with E-state index in [1.54, 1.807) is 17.8 Å². The van der Waals surface area contributed by atoms with Gasteiger partial charge in [0.2, 0.25) is 0 Å². The first kappa shape index (κ1) is 22.0. The number of H-pyrrole nitrogens is 1. The summed E-state index contributed by atoms with van der Waals surface area (Å²) in [5, 5.41) is 0.751. The van der Waals surface area contributed by atoms with Crippen LogP contribution in [-0.4, -0.2) is 24.2 Å². The third-order valence-electron chi connectivity index (χ3n) is 6.83. The molecule has 1 aliphatic heterocycles. The normalized spacial score (nSPS) is 15.4. The van der Waals surface area contributed by atoms with E-state index in [4.69, 9.17) is 0 Å². The van der Waals surface area contributed by atoms with Gasteiger partial charge in [-0.2, -0.15) is 0 Å². The molecule has 0 amide bonds. The standard InChI is InChI=1S/C26H23F2N3O3S/c1-30-12-20-19-8-14(13-35(2,33)34)7-18(15-3-4-15)24(19)31(22-6-5-17(27)9-21(22)28)11-16-10-29-26(32)25(30)23(16)20/h5-10,12,15H,3-4,11,13H2,1-2H3,(H,29,32). The van der Waals surface area contributed by atoms with Crippen LogP contribution in [0.1, 0.15) is 35.4 Å². The fourth-order valence-electron chi connectivity index (χ4n) is 5.32. The summed E-state index contributed by atoms with van der Waals surface area (Å²) >= 11 is 0. The molecule has 0 saturated heterocycles.